The van der Waals surface area contributed by atoms with Gasteiger partial charge in [0.05, 0.1) is 11.9 Å². The predicted molar refractivity (Wildman–Crippen MR) is 50.8 cm³/mol. The number of sulfonamides is 1. The summed E-state index contributed by atoms with van der Waals surface area (Å²) >= 11 is 0. The molecule has 5 heteroatoms. The van der Waals surface area contributed by atoms with Gasteiger partial charge in [-0.25, -0.2) is 8.42 Å². The molecule has 0 amide bonds. The fraction of sp³-hybridized carbons (Fsp3) is 1.00. The van der Waals surface area contributed by atoms with E-state index in [0.29, 0.717) is 13.0 Å². The lowest BCUT2D eigenvalue weighted by Gasteiger charge is -2.16. The average Bonchev–Trinajstić information content (AvgIpc) is 2.32. The zero-order valence-corrected chi connectivity index (χ0v) is 8.92. The van der Waals surface area contributed by atoms with Crippen LogP contribution in [0.4, 0.5) is 0 Å². The summed E-state index contributed by atoms with van der Waals surface area (Å²) in [5.74, 6) is 0.322. The zero-order valence-electron chi connectivity index (χ0n) is 8.10. The van der Waals surface area contributed by atoms with E-state index in [-0.39, 0.29) is 18.2 Å². The van der Waals surface area contributed by atoms with E-state index in [0.717, 1.165) is 0 Å². The SMILES string of the molecule is CC(C)CS(=O)(=O)N1CC[C@H](O)C1. The number of nitrogens with zero attached hydrogens (tertiary/aromatic N) is 1. The van der Waals surface area contributed by atoms with Crippen LogP contribution in [-0.2, 0) is 10.0 Å². The van der Waals surface area contributed by atoms with E-state index in [2.05, 4.69) is 0 Å². The van der Waals surface area contributed by atoms with Gasteiger partial charge in [0, 0.05) is 13.1 Å². The summed E-state index contributed by atoms with van der Waals surface area (Å²) in [5, 5.41) is 9.19. The Balaban J connectivity index is 2.60. The third-order valence-electron chi connectivity index (χ3n) is 2.06. The zero-order chi connectivity index (χ0) is 10.1. The molecule has 1 aliphatic rings. The molecule has 0 saturated carbocycles. The second-order valence-electron chi connectivity index (χ2n) is 3.97. The van der Waals surface area contributed by atoms with Gasteiger partial charge in [-0.05, 0) is 12.3 Å². The van der Waals surface area contributed by atoms with Crippen LogP contribution in [0, 0.1) is 5.92 Å². The molecule has 1 saturated heterocycles. The van der Waals surface area contributed by atoms with E-state index in [1.807, 2.05) is 13.8 Å². The first-order valence-electron chi connectivity index (χ1n) is 4.57. The van der Waals surface area contributed by atoms with Gasteiger partial charge in [-0.15, -0.1) is 0 Å². The lowest BCUT2D eigenvalue weighted by Crippen LogP contribution is -2.33. The van der Waals surface area contributed by atoms with E-state index < -0.39 is 16.1 Å². The number of β-amino-alcohol motifs (C(OH)–C–C–N with tert-alkyl or cyclic N) is 1. The molecule has 1 atom stereocenters. The molecule has 0 spiro atoms. The summed E-state index contributed by atoms with van der Waals surface area (Å²) in [6.45, 7) is 4.50. The largest absolute Gasteiger partial charge is 0.392 e. The first kappa shape index (κ1) is 10.9. The van der Waals surface area contributed by atoms with E-state index in [4.69, 9.17) is 0 Å². The van der Waals surface area contributed by atoms with Gasteiger partial charge in [0.15, 0.2) is 0 Å². The van der Waals surface area contributed by atoms with Crippen molar-refractivity contribution in [2.24, 2.45) is 5.92 Å². The minimum atomic E-state index is -3.12. The Kier molecular flexibility index (Phi) is 3.32. The minimum Gasteiger partial charge on any atom is -0.392 e. The maximum absolute atomic E-state index is 11.6. The summed E-state index contributed by atoms with van der Waals surface area (Å²) in [5.41, 5.74) is 0. The standard InChI is InChI=1S/C8H17NO3S/c1-7(2)6-13(11,12)9-4-3-8(10)5-9/h7-8,10H,3-6H2,1-2H3/t8-/m0/s1. The van der Waals surface area contributed by atoms with Crippen molar-refractivity contribution in [2.45, 2.75) is 26.4 Å². The molecule has 0 aromatic heterocycles. The van der Waals surface area contributed by atoms with Gasteiger partial charge in [0.1, 0.15) is 0 Å². The smallest absolute Gasteiger partial charge is 0.214 e. The van der Waals surface area contributed by atoms with Crippen molar-refractivity contribution in [2.75, 3.05) is 18.8 Å². The molecular formula is C8H17NO3S. The number of hydrogen-bond donors (Lipinski definition) is 1. The molecule has 0 radical (unpaired) electrons. The van der Waals surface area contributed by atoms with Gasteiger partial charge in [0.25, 0.3) is 0 Å². The van der Waals surface area contributed by atoms with E-state index in [1.165, 1.54) is 4.31 Å². The third kappa shape index (κ3) is 2.93. The molecule has 0 bridgehead atoms. The van der Waals surface area contributed by atoms with Crippen LogP contribution in [0.5, 0.6) is 0 Å². The molecule has 0 unspecified atom stereocenters. The maximum Gasteiger partial charge on any atom is 0.214 e. The molecule has 4 nitrogen and oxygen atoms in total. The molecule has 0 aliphatic carbocycles. The second-order valence-corrected chi connectivity index (χ2v) is 5.99. The quantitative estimate of drug-likeness (QED) is 0.711. The Labute approximate surface area is 79.6 Å². The molecule has 13 heavy (non-hydrogen) atoms. The van der Waals surface area contributed by atoms with Gasteiger partial charge in [-0.3, -0.25) is 0 Å². The van der Waals surface area contributed by atoms with Gasteiger partial charge in [0.2, 0.25) is 10.0 Å². The molecule has 1 rings (SSSR count). The Morgan fingerprint density at radius 1 is 1.54 bits per heavy atom. The van der Waals surface area contributed by atoms with E-state index >= 15 is 0 Å². The first-order chi connectivity index (χ1) is 5.92. The minimum absolute atomic E-state index is 0.141. The van der Waals surface area contributed by atoms with Gasteiger partial charge >= 0.3 is 0 Å². The second kappa shape index (κ2) is 3.94. The highest BCUT2D eigenvalue weighted by atomic mass is 32.2. The monoisotopic (exact) mass is 207 g/mol. The Bertz CT molecular complexity index is 261. The van der Waals surface area contributed by atoms with Crippen molar-refractivity contribution in [3.8, 4) is 0 Å². The Morgan fingerprint density at radius 3 is 2.54 bits per heavy atom. The van der Waals surface area contributed by atoms with Gasteiger partial charge in [-0.2, -0.15) is 4.31 Å². The fourth-order valence-corrected chi connectivity index (χ4v) is 3.33. The highest BCUT2D eigenvalue weighted by molar-refractivity contribution is 7.89. The molecule has 0 aromatic rings. The summed E-state index contributed by atoms with van der Waals surface area (Å²) in [6, 6.07) is 0. The van der Waals surface area contributed by atoms with E-state index in [9.17, 15) is 13.5 Å². The summed E-state index contributed by atoms with van der Waals surface area (Å²) in [6.07, 6.45) is 0.0964. The van der Waals surface area contributed by atoms with Crippen LogP contribution < -0.4 is 0 Å². The van der Waals surface area contributed by atoms with Crippen LogP contribution in [0.2, 0.25) is 0 Å². The fourth-order valence-electron chi connectivity index (χ4n) is 1.49. The predicted octanol–water partition coefficient (Wildman–Crippen LogP) is 0.0388. The van der Waals surface area contributed by atoms with Crippen LogP contribution in [0.3, 0.4) is 0 Å². The van der Waals surface area contributed by atoms with Crippen LogP contribution in [0.25, 0.3) is 0 Å². The lowest BCUT2D eigenvalue weighted by atomic mass is 10.3. The molecule has 0 aromatic carbocycles. The van der Waals surface area contributed by atoms with Gasteiger partial charge in [-0.1, -0.05) is 13.8 Å². The molecule has 78 valence electrons. The molecule has 1 aliphatic heterocycles. The lowest BCUT2D eigenvalue weighted by molar-refractivity contribution is 0.189. The topological polar surface area (TPSA) is 57.6 Å². The van der Waals surface area contributed by atoms with Crippen LogP contribution in [0.15, 0.2) is 0 Å². The van der Waals surface area contributed by atoms with Crippen LogP contribution >= 0.6 is 0 Å². The molecule has 1 fully saturated rings. The van der Waals surface area contributed by atoms with Crippen LogP contribution in [-0.4, -0.2) is 42.8 Å². The highest BCUT2D eigenvalue weighted by Gasteiger charge is 2.30. The summed E-state index contributed by atoms with van der Waals surface area (Å²) < 4.78 is 24.6. The van der Waals surface area contributed by atoms with Crippen LogP contribution in [0.1, 0.15) is 20.3 Å². The summed E-state index contributed by atoms with van der Waals surface area (Å²) in [7, 11) is -3.12. The van der Waals surface area contributed by atoms with Crippen molar-refractivity contribution in [1.29, 1.82) is 0 Å². The Hall–Kier alpha value is -0.130. The average molecular weight is 207 g/mol. The number of rotatable bonds is 3. The molecular weight excluding hydrogens is 190 g/mol. The van der Waals surface area contributed by atoms with E-state index in [1.54, 1.807) is 0 Å². The van der Waals surface area contributed by atoms with Gasteiger partial charge < -0.3 is 5.11 Å². The Morgan fingerprint density at radius 2 is 2.15 bits per heavy atom. The molecule has 1 heterocycles. The van der Waals surface area contributed by atoms with Crippen molar-refractivity contribution in [3.63, 3.8) is 0 Å². The van der Waals surface area contributed by atoms with Crippen molar-refractivity contribution < 1.29 is 13.5 Å². The van der Waals surface area contributed by atoms with Crippen molar-refractivity contribution in [1.82, 2.24) is 4.31 Å². The maximum atomic E-state index is 11.6. The highest BCUT2D eigenvalue weighted by Crippen LogP contribution is 2.15. The first-order valence-corrected chi connectivity index (χ1v) is 6.18. The normalized spacial score (nSPS) is 25.7. The number of aliphatic hydroxyl groups is 1. The molecule has 1 N–H and O–H groups in total. The van der Waals surface area contributed by atoms with Crippen molar-refractivity contribution in [3.05, 3.63) is 0 Å². The summed E-state index contributed by atoms with van der Waals surface area (Å²) in [4.78, 5) is 0. The van der Waals surface area contributed by atoms with Crippen molar-refractivity contribution >= 4 is 10.0 Å². The number of aliphatic hydroxyl groups excluding tert-OH is 1. The number of hydrogen-bond acceptors (Lipinski definition) is 3. The third-order valence-corrected chi connectivity index (χ3v) is 4.27.